The van der Waals surface area contributed by atoms with Crippen LogP contribution in [0.1, 0.15) is 52.4 Å². The van der Waals surface area contributed by atoms with Crippen molar-refractivity contribution in [3.05, 3.63) is 0 Å². The molecule has 2 rings (SSSR count). The normalized spacial score (nSPS) is 26.5. The van der Waals surface area contributed by atoms with Gasteiger partial charge in [0, 0.05) is 31.2 Å². The number of carbonyl (C=O) groups is 1. The lowest BCUT2D eigenvalue weighted by Gasteiger charge is -2.31. The van der Waals surface area contributed by atoms with Crippen molar-refractivity contribution in [2.45, 2.75) is 70.5 Å². The maximum Gasteiger partial charge on any atom is 0.315 e. The third-order valence-corrected chi connectivity index (χ3v) is 4.07. The molecule has 2 amide bonds. The van der Waals surface area contributed by atoms with Crippen molar-refractivity contribution in [2.24, 2.45) is 0 Å². The maximum atomic E-state index is 11.7. The second-order valence-corrected chi connectivity index (χ2v) is 6.04. The Morgan fingerprint density at radius 3 is 2.56 bits per heavy atom. The van der Waals surface area contributed by atoms with Gasteiger partial charge >= 0.3 is 6.03 Å². The predicted octanol–water partition coefficient (Wildman–Crippen LogP) is 2.10. The fourth-order valence-corrected chi connectivity index (χ4v) is 3.17. The highest BCUT2D eigenvalue weighted by Crippen LogP contribution is 2.25. The van der Waals surface area contributed by atoms with Crippen LogP contribution in [-0.2, 0) is 0 Å². The van der Waals surface area contributed by atoms with Gasteiger partial charge in [-0.15, -0.1) is 0 Å². The summed E-state index contributed by atoms with van der Waals surface area (Å²) in [5.41, 5.74) is 0. The third kappa shape index (κ3) is 3.87. The van der Waals surface area contributed by atoms with E-state index in [1.807, 2.05) is 13.8 Å². The third-order valence-electron chi connectivity index (χ3n) is 4.07. The van der Waals surface area contributed by atoms with Crippen molar-refractivity contribution in [1.82, 2.24) is 15.5 Å². The van der Waals surface area contributed by atoms with Gasteiger partial charge in [-0.1, -0.05) is 19.3 Å². The number of nitrogens with zero attached hydrogens (tertiary/aromatic N) is 1. The van der Waals surface area contributed by atoms with Crippen molar-refractivity contribution in [3.63, 3.8) is 0 Å². The van der Waals surface area contributed by atoms with Crippen LogP contribution in [0.25, 0.3) is 0 Å². The molecule has 0 spiro atoms. The summed E-state index contributed by atoms with van der Waals surface area (Å²) in [5, 5.41) is 5.98. The van der Waals surface area contributed by atoms with Gasteiger partial charge in [0.2, 0.25) is 0 Å². The van der Waals surface area contributed by atoms with E-state index in [9.17, 15) is 4.79 Å². The molecular weight excluding hydrogens is 226 g/mol. The van der Waals surface area contributed by atoms with E-state index in [1.165, 1.54) is 32.1 Å². The summed E-state index contributed by atoms with van der Waals surface area (Å²) in [7, 11) is 0. The number of hydrogen-bond donors (Lipinski definition) is 2. The monoisotopic (exact) mass is 253 g/mol. The lowest BCUT2D eigenvalue weighted by Crippen LogP contribution is -2.46. The van der Waals surface area contributed by atoms with Gasteiger partial charge in [0.05, 0.1) is 0 Å². The average Bonchev–Trinajstić information content (AvgIpc) is 2.77. The molecule has 1 saturated heterocycles. The summed E-state index contributed by atoms with van der Waals surface area (Å²) >= 11 is 0. The van der Waals surface area contributed by atoms with Gasteiger partial charge in [-0.05, 0) is 33.1 Å². The number of hydrogen-bond acceptors (Lipinski definition) is 2. The highest BCUT2D eigenvalue weighted by Gasteiger charge is 2.29. The first kappa shape index (κ1) is 13.7. The standard InChI is InChI=1S/C14H27N3O/c1-11(2)15-14(18)16-12-8-9-17(10-12)13-6-4-3-5-7-13/h11-13H,3-10H2,1-2H3,(H2,15,16,18)/t12-/m0/s1. The molecule has 1 heterocycles. The number of likely N-dealkylation sites (tertiary alicyclic amines) is 1. The highest BCUT2D eigenvalue weighted by molar-refractivity contribution is 5.74. The van der Waals surface area contributed by atoms with Crippen LogP contribution in [0.15, 0.2) is 0 Å². The fraction of sp³-hybridized carbons (Fsp3) is 0.929. The molecule has 0 radical (unpaired) electrons. The minimum atomic E-state index is -0.0134. The molecule has 0 aromatic carbocycles. The number of rotatable bonds is 3. The van der Waals surface area contributed by atoms with Crippen LogP contribution in [0.2, 0.25) is 0 Å². The van der Waals surface area contributed by atoms with E-state index in [2.05, 4.69) is 15.5 Å². The van der Waals surface area contributed by atoms with Crippen LogP contribution in [-0.4, -0.2) is 42.1 Å². The Bertz CT molecular complexity index is 274. The topological polar surface area (TPSA) is 44.4 Å². The summed E-state index contributed by atoms with van der Waals surface area (Å²) in [5.74, 6) is 0. The Morgan fingerprint density at radius 1 is 1.17 bits per heavy atom. The predicted molar refractivity (Wildman–Crippen MR) is 73.7 cm³/mol. The molecule has 1 saturated carbocycles. The second-order valence-electron chi connectivity index (χ2n) is 6.04. The lowest BCUT2D eigenvalue weighted by atomic mass is 9.94. The first-order valence-corrected chi connectivity index (χ1v) is 7.46. The van der Waals surface area contributed by atoms with Gasteiger partial charge in [0.25, 0.3) is 0 Å². The molecule has 0 aromatic rings. The van der Waals surface area contributed by atoms with Crippen LogP contribution in [0.3, 0.4) is 0 Å². The van der Waals surface area contributed by atoms with Crippen molar-refractivity contribution in [3.8, 4) is 0 Å². The number of amides is 2. The fourth-order valence-electron chi connectivity index (χ4n) is 3.17. The maximum absolute atomic E-state index is 11.7. The Labute approximate surface area is 110 Å². The molecule has 0 unspecified atom stereocenters. The zero-order chi connectivity index (χ0) is 13.0. The molecule has 0 bridgehead atoms. The van der Waals surface area contributed by atoms with Crippen molar-refractivity contribution in [2.75, 3.05) is 13.1 Å². The summed E-state index contributed by atoms with van der Waals surface area (Å²) in [6.07, 6.45) is 7.97. The molecule has 4 nitrogen and oxygen atoms in total. The molecular formula is C14H27N3O. The van der Waals surface area contributed by atoms with Crippen molar-refractivity contribution in [1.29, 1.82) is 0 Å². The van der Waals surface area contributed by atoms with E-state index in [0.29, 0.717) is 6.04 Å². The molecule has 1 aliphatic carbocycles. The van der Waals surface area contributed by atoms with E-state index >= 15 is 0 Å². The summed E-state index contributed by atoms with van der Waals surface area (Å²) in [6.45, 7) is 6.17. The highest BCUT2D eigenvalue weighted by atomic mass is 16.2. The van der Waals surface area contributed by atoms with Crippen LogP contribution in [0, 0.1) is 0 Å². The van der Waals surface area contributed by atoms with Crippen LogP contribution in [0.5, 0.6) is 0 Å². The Balaban J connectivity index is 1.72. The molecule has 0 aromatic heterocycles. The first-order chi connectivity index (χ1) is 8.65. The zero-order valence-corrected chi connectivity index (χ0v) is 11.7. The first-order valence-electron chi connectivity index (χ1n) is 7.46. The molecule has 4 heteroatoms. The zero-order valence-electron chi connectivity index (χ0n) is 11.7. The summed E-state index contributed by atoms with van der Waals surface area (Å²) in [6, 6.07) is 1.31. The minimum Gasteiger partial charge on any atom is -0.336 e. The molecule has 18 heavy (non-hydrogen) atoms. The van der Waals surface area contributed by atoms with E-state index in [4.69, 9.17) is 0 Å². The smallest absolute Gasteiger partial charge is 0.315 e. The Hall–Kier alpha value is -0.770. The summed E-state index contributed by atoms with van der Waals surface area (Å²) in [4.78, 5) is 14.2. The van der Waals surface area contributed by atoms with Gasteiger partial charge in [0.1, 0.15) is 0 Å². The second kappa shape index (κ2) is 6.41. The summed E-state index contributed by atoms with van der Waals surface area (Å²) < 4.78 is 0. The molecule has 1 atom stereocenters. The molecule has 2 aliphatic rings. The van der Waals surface area contributed by atoms with Gasteiger partial charge in [-0.2, -0.15) is 0 Å². The van der Waals surface area contributed by atoms with Gasteiger partial charge in [-0.3, -0.25) is 4.90 Å². The van der Waals surface area contributed by atoms with E-state index < -0.39 is 0 Å². The molecule has 2 N–H and O–H groups in total. The van der Waals surface area contributed by atoms with Crippen LogP contribution >= 0.6 is 0 Å². The van der Waals surface area contributed by atoms with E-state index in [0.717, 1.165) is 25.6 Å². The Morgan fingerprint density at radius 2 is 1.89 bits per heavy atom. The number of urea groups is 1. The molecule has 1 aliphatic heterocycles. The van der Waals surface area contributed by atoms with Crippen molar-refractivity contribution < 1.29 is 4.79 Å². The van der Waals surface area contributed by atoms with E-state index in [1.54, 1.807) is 0 Å². The SMILES string of the molecule is CC(C)NC(=O)N[C@H]1CCN(C2CCCCC2)C1. The van der Waals surface area contributed by atoms with E-state index in [-0.39, 0.29) is 12.1 Å². The Kier molecular flexibility index (Phi) is 4.87. The lowest BCUT2D eigenvalue weighted by molar-refractivity contribution is 0.186. The van der Waals surface area contributed by atoms with Gasteiger partial charge in [-0.25, -0.2) is 4.79 Å². The quantitative estimate of drug-likeness (QED) is 0.809. The number of nitrogens with one attached hydrogen (secondary N) is 2. The van der Waals surface area contributed by atoms with Crippen LogP contribution < -0.4 is 10.6 Å². The largest absolute Gasteiger partial charge is 0.336 e. The average molecular weight is 253 g/mol. The molecule has 104 valence electrons. The molecule has 2 fully saturated rings. The minimum absolute atomic E-state index is 0.0134. The van der Waals surface area contributed by atoms with Gasteiger partial charge < -0.3 is 10.6 Å². The van der Waals surface area contributed by atoms with Crippen molar-refractivity contribution >= 4 is 6.03 Å². The van der Waals surface area contributed by atoms with Gasteiger partial charge in [0.15, 0.2) is 0 Å². The number of carbonyl (C=O) groups excluding carboxylic acids is 1. The van der Waals surface area contributed by atoms with Crippen LogP contribution in [0.4, 0.5) is 4.79 Å².